The van der Waals surface area contributed by atoms with E-state index in [4.69, 9.17) is 0 Å². The predicted octanol–water partition coefficient (Wildman–Crippen LogP) is 2.38. The third-order valence-electron chi connectivity index (χ3n) is 5.44. The Morgan fingerprint density at radius 1 is 1.21 bits per heavy atom. The van der Waals surface area contributed by atoms with Gasteiger partial charge in [-0.05, 0) is 36.8 Å². The predicted molar refractivity (Wildman–Crippen MR) is 107 cm³/mol. The topological polar surface area (TPSA) is 88.4 Å². The van der Waals surface area contributed by atoms with Crippen molar-refractivity contribution < 1.29 is 14.7 Å². The number of nitrogens with one attached hydrogen (secondary N) is 1. The van der Waals surface area contributed by atoms with Crippen LogP contribution in [0.2, 0.25) is 0 Å². The van der Waals surface area contributed by atoms with Crippen LogP contribution in [0, 0.1) is 5.92 Å². The maximum atomic E-state index is 12.8. The normalized spacial score (nSPS) is 18.8. The molecule has 0 aliphatic heterocycles. The minimum absolute atomic E-state index is 0.0369. The number of amides is 1. The van der Waals surface area contributed by atoms with E-state index in [9.17, 15) is 19.5 Å². The van der Waals surface area contributed by atoms with E-state index >= 15 is 0 Å². The number of nitrogens with zero attached hydrogens (tertiary/aromatic N) is 1. The number of aliphatic hydroxyl groups excluding tert-OH is 1. The van der Waals surface area contributed by atoms with Gasteiger partial charge in [0.1, 0.15) is 5.56 Å². The second-order valence-corrected chi connectivity index (χ2v) is 7.36. The maximum absolute atomic E-state index is 12.8. The van der Waals surface area contributed by atoms with Gasteiger partial charge in [-0.15, -0.1) is 0 Å². The molecule has 2 atom stereocenters. The summed E-state index contributed by atoms with van der Waals surface area (Å²) < 4.78 is 1.41. The van der Waals surface area contributed by atoms with Gasteiger partial charge in [-0.1, -0.05) is 36.8 Å². The number of pyridine rings is 1. The van der Waals surface area contributed by atoms with Crippen LogP contribution >= 0.6 is 0 Å². The van der Waals surface area contributed by atoms with Crippen LogP contribution in [0.15, 0.2) is 47.4 Å². The first kappa shape index (κ1) is 20.0. The minimum atomic E-state index is -0.507. The van der Waals surface area contributed by atoms with Gasteiger partial charge < -0.3 is 15.0 Å². The van der Waals surface area contributed by atoms with Crippen LogP contribution in [0.3, 0.4) is 0 Å². The van der Waals surface area contributed by atoms with Gasteiger partial charge in [-0.25, -0.2) is 0 Å². The fourth-order valence-electron chi connectivity index (χ4n) is 3.80. The van der Waals surface area contributed by atoms with Gasteiger partial charge in [0.05, 0.1) is 12.6 Å². The highest BCUT2D eigenvalue weighted by Crippen LogP contribution is 2.29. The van der Waals surface area contributed by atoms with Crippen LogP contribution in [0.25, 0.3) is 0 Å². The Kier molecular flexibility index (Phi) is 6.41. The highest BCUT2D eigenvalue weighted by atomic mass is 16.3. The van der Waals surface area contributed by atoms with Crippen LogP contribution < -0.4 is 10.9 Å². The second kappa shape index (κ2) is 8.97. The summed E-state index contributed by atoms with van der Waals surface area (Å²) in [6.07, 6.45) is 4.83. The third-order valence-corrected chi connectivity index (χ3v) is 5.44. The lowest BCUT2D eigenvalue weighted by Crippen LogP contribution is -2.32. The van der Waals surface area contributed by atoms with E-state index in [2.05, 4.69) is 5.32 Å². The van der Waals surface area contributed by atoms with Gasteiger partial charge in [0.2, 0.25) is 0 Å². The van der Waals surface area contributed by atoms with E-state index < -0.39 is 11.5 Å². The first-order chi connectivity index (χ1) is 13.5. The zero-order valence-corrected chi connectivity index (χ0v) is 16.1. The van der Waals surface area contributed by atoms with Gasteiger partial charge in [0.25, 0.3) is 11.5 Å². The Hall–Kier alpha value is -2.73. The number of benzene rings is 1. The molecule has 28 heavy (non-hydrogen) atoms. The highest BCUT2D eigenvalue weighted by Gasteiger charge is 2.26. The molecule has 1 aliphatic rings. The van der Waals surface area contributed by atoms with Crippen molar-refractivity contribution in [2.24, 2.45) is 5.92 Å². The van der Waals surface area contributed by atoms with Crippen LogP contribution in [-0.2, 0) is 6.54 Å². The lowest BCUT2D eigenvalue weighted by molar-refractivity contribution is 0.0938. The first-order valence-electron chi connectivity index (χ1n) is 9.71. The number of hydrogen-bond donors (Lipinski definition) is 2. The molecule has 1 amide bonds. The van der Waals surface area contributed by atoms with Gasteiger partial charge in [0.15, 0.2) is 5.78 Å². The fourth-order valence-corrected chi connectivity index (χ4v) is 3.80. The van der Waals surface area contributed by atoms with Crippen LogP contribution in [-0.4, -0.2) is 34.5 Å². The molecule has 0 unspecified atom stereocenters. The van der Waals surface area contributed by atoms with Crippen molar-refractivity contribution in [1.82, 2.24) is 9.88 Å². The zero-order valence-electron chi connectivity index (χ0n) is 16.1. The Morgan fingerprint density at radius 3 is 2.61 bits per heavy atom. The van der Waals surface area contributed by atoms with E-state index in [0.717, 1.165) is 24.8 Å². The van der Waals surface area contributed by atoms with Crippen molar-refractivity contribution in [3.8, 4) is 0 Å². The molecular weight excluding hydrogens is 356 g/mol. The minimum Gasteiger partial charge on any atom is -0.393 e. The lowest BCUT2D eigenvalue weighted by atomic mass is 9.96. The van der Waals surface area contributed by atoms with Crippen molar-refractivity contribution in [3.05, 3.63) is 69.6 Å². The van der Waals surface area contributed by atoms with Crippen LogP contribution in [0.1, 0.15) is 58.4 Å². The summed E-state index contributed by atoms with van der Waals surface area (Å²) in [6, 6.07) is 10.8. The quantitative estimate of drug-likeness (QED) is 0.720. The van der Waals surface area contributed by atoms with Crippen LogP contribution in [0.4, 0.5) is 0 Å². The highest BCUT2D eigenvalue weighted by molar-refractivity contribution is 6.00. The Labute approximate surface area is 164 Å². The molecular formula is C22H26N2O4. The van der Waals surface area contributed by atoms with Gasteiger partial charge in [-0.2, -0.15) is 0 Å². The summed E-state index contributed by atoms with van der Waals surface area (Å²) in [5.74, 6) is -0.476. The number of aliphatic hydroxyl groups is 1. The van der Waals surface area contributed by atoms with Gasteiger partial charge in [0, 0.05) is 25.2 Å². The molecule has 1 heterocycles. The molecule has 1 fully saturated rings. The average Bonchev–Trinajstić information content (AvgIpc) is 3.12. The number of carbonyl (C=O) groups is 2. The van der Waals surface area contributed by atoms with Crippen LogP contribution in [0.5, 0.6) is 0 Å². The smallest absolute Gasteiger partial charge is 0.263 e. The van der Waals surface area contributed by atoms with Crippen molar-refractivity contribution in [2.45, 2.75) is 44.8 Å². The molecule has 148 valence electrons. The Bertz CT molecular complexity index is 904. The van der Waals surface area contributed by atoms with E-state index in [1.54, 1.807) is 0 Å². The largest absolute Gasteiger partial charge is 0.393 e. The molecule has 3 rings (SSSR count). The molecule has 6 nitrogen and oxygen atoms in total. The Balaban J connectivity index is 1.87. The number of Topliss-reactive ketones (excluding diaryl/α,β-unsaturated/α-hetero) is 1. The number of aromatic nitrogens is 1. The third kappa shape index (κ3) is 4.57. The molecule has 0 bridgehead atoms. The molecule has 6 heteroatoms. The molecule has 0 radical (unpaired) electrons. The molecule has 2 N–H and O–H groups in total. The van der Waals surface area contributed by atoms with Crippen molar-refractivity contribution >= 4 is 11.7 Å². The summed E-state index contributed by atoms with van der Waals surface area (Å²) in [7, 11) is 1.46. The van der Waals surface area contributed by atoms with E-state index in [1.807, 2.05) is 30.3 Å². The summed E-state index contributed by atoms with van der Waals surface area (Å²) in [4.78, 5) is 37.6. The molecule has 1 aliphatic carbocycles. The number of rotatable bonds is 7. The Morgan fingerprint density at radius 2 is 1.96 bits per heavy atom. The summed E-state index contributed by atoms with van der Waals surface area (Å²) >= 11 is 0. The fraction of sp³-hybridized carbons (Fsp3) is 0.409. The second-order valence-electron chi connectivity index (χ2n) is 7.36. The van der Waals surface area contributed by atoms with Crippen molar-refractivity contribution in [2.75, 3.05) is 7.05 Å². The molecule has 2 aromatic rings. The number of carbonyl (C=O) groups excluding carboxylic acids is 2. The average molecular weight is 382 g/mol. The molecule has 1 aromatic heterocycles. The van der Waals surface area contributed by atoms with Crippen molar-refractivity contribution in [1.29, 1.82) is 0 Å². The van der Waals surface area contributed by atoms with E-state index in [0.29, 0.717) is 18.4 Å². The van der Waals surface area contributed by atoms with Crippen molar-refractivity contribution in [3.63, 3.8) is 0 Å². The molecule has 1 aromatic carbocycles. The molecule has 0 saturated heterocycles. The number of hydrogen-bond acceptors (Lipinski definition) is 4. The van der Waals surface area contributed by atoms with E-state index in [-0.39, 0.29) is 29.9 Å². The molecule has 1 saturated carbocycles. The first-order valence-corrected chi connectivity index (χ1v) is 9.71. The lowest BCUT2D eigenvalue weighted by Gasteiger charge is -2.14. The zero-order chi connectivity index (χ0) is 20.1. The van der Waals surface area contributed by atoms with Gasteiger partial charge >= 0.3 is 0 Å². The summed E-state index contributed by atoms with van der Waals surface area (Å²) in [5, 5.41) is 12.4. The molecule has 0 spiro atoms. The van der Waals surface area contributed by atoms with Gasteiger partial charge in [-0.3, -0.25) is 14.4 Å². The van der Waals surface area contributed by atoms with E-state index in [1.165, 1.54) is 23.9 Å². The standard InChI is InChI=1S/C22H26N2O4/c1-23-21(27)18-12-17(20(26)11-10-16-8-5-9-19(16)25)14-24(22(18)28)13-15-6-3-2-4-7-15/h2-4,6-7,12,14,16,19,25H,5,8-11,13H2,1H3,(H,23,27)/t16-,19+/m1/s1. The summed E-state index contributed by atoms with van der Waals surface area (Å²) in [6.45, 7) is 0.284. The maximum Gasteiger partial charge on any atom is 0.263 e. The number of ketones is 1. The SMILES string of the molecule is CNC(=O)c1cc(C(=O)CC[C@H]2CCC[C@@H]2O)cn(Cc2ccccc2)c1=O. The summed E-state index contributed by atoms with van der Waals surface area (Å²) in [5.41, 5.74) is 0.795. The monoisotopic (exact) mass is 382 g/mol.